The van der Waals surface area contributed by atoms with E-state index < -0.39 is 0 Å². The van der Waals surface area contributed by atoms with Crippen molar-refractivity contribution in [3.63, 3.8) is 0 Å². The Morgan fingerprint density at radius 2 is 1.68 bits per heavy atom. The molecule has 0 saturated heterocycles. The molecule has 0 unspecified atom stereocenters. The summed E-state index contributed by atoms with van der Waals surface area (Å²) in [6.07, 6.45) is 1.81. The van der Waals surface area contributed by atoms with E-state index in [1.54, 1.807) is 14.2 Å². The van der Waals surface area contributed by atoms with E-state index in [4.69, 9.17) is 15.2 Å². The normalized spacial score (nSPS) is 11.3. The highest BCUT2D eigenvalue weighted by Crippen LogP contribution is 2.27. The van der Waals surface area contributed by atoms with Crippen LogP contribution in [0.25, 0.3) is 0 Å². The first-order chi connectivity index (χ1) is 12.0. The largest absolute Gasteiger partial charge is 0.493 e. The number of benzene rings is 2. The van der Waals surface area contributed by atoms with Crippen LogP contribution in [-0.2, 0) is 6.42 Å². The van der Waals surface area contributed by atoms with E-state index in [-0.39, 0.29) is 0 Å². The van der Waals surface area contributed by atoms with Crippen LogP contribution in [0.15, 0.2) is 41.4 Å². The number of guanidine groups is 1. The molecule has 0 amide bonds. The zero-order valence-corrected chi connectivity index (χ0v) is 15.4. The third-order valence-corrected chi connectivity index (χ3v) is 3.85. The van der Waals surface area contributed by atoms with E-state index in [2.05, 4.69) is 42.4 Å². The molecule has 134 valence electrons. The predicted molar refractivity (Wildman–Crippen MR) is 104 cm³/mol. The summed E-state index contributed by atoms with van der Waals surface area (Å²) in [5, 5.41) is 3.15. The van der Waals surface area contributed by atoms with Crippen LogP contribution < -0.4 is 20.5 Å². The van der Waals surface area contributed by atoms with Crippen molar-refractivity contribution in [1.29, 1.82) is 0 Å². The molecular formula is C20H27N3O2. The molecule has 0 heterocycles. The maximum Gasteiger partial charge on any atom is 0.193 e. The Labute approximate surface area is 149 Å². The number of nitrogens with two attached hydrogens (primary N) is 1. The maximum absolute atomic E-state index is 5.97. The van der Waals surface area contributed by atoms with Gasteiger partial charge < -0.3 is 20.5 Å². The number of aryl methyl sites for hydroxylation is 3. The van der Waals surface area contributed by atoms with Crippen molar-refractivity contribution in [2.24, 2.45) is 10.7 Å². The highest BCUT2D eigenvalue weighted by Gasteiger charge is 2.04. The number of aliphatic imine (C=N–C) groups is 1. The maximum atomic E-state index is 5.97. The lowest BCUT2D eigenvalue weighted by Crippen LogP contribution is -2.23. The van der Waals surface area contributed by atoms with Crippen molar-refractivity contribution in [2.45, 2.75) is 26.7 Å². The standard InChI is InChI=1S/C20H27N3O2/c1-14-10-15(2)12-17(11-14)23-20(21)22-9-5-6-16-7-8-18(24-3)19(13-16)25-4/h7-8,10-13H,5-6,9H2,1-4H3,(H3,21,22,23). The van der Waals surface area contributed by atoms with Gasteiger partial charge in [-0.1, -0.05) is 12.1 Å². The van der Waals surface area contributed by atoms with E-state index in [1.807, 2.05) is 18.2 Å². The van der Waals surface area contributed by atoms with E-state index in [1.165, 1.54) is 16.7 Å². The number of methoxy groups -OCH3 is 2. The predicted octanol–water partition coefficient (Wildman–Crippen LogP) is 3.68. The highest BCUT2D eigenvalue weighted by atomic mass is 16.5. The number of ether oxygens (including phenoxy) is 2. The number of hydrogen-bond donors (Lipinski definition) is 2. The van der Waals surface area contributed by atoms with Crippen molar-refractivity contribution < 1.29 is 9.47 Å². The first kappa shape index (κ1) is 18.6. The number of anilines is 1. The molecule has 2 aromatic carbocycles. The number of hydrogen-bond acceptors (Lipinski definition) is 3. The first-order valence-corrected chi connectivity index (χ1v) is 8.38. The molecule has 0 radical (unpaired) electrons. The van der Waals surface area contributed by atoms with Crippen LogP contribution in [0.4, 0.5) is 5.69 Å². The average Bonchev–Trinajstić information content (AvgIpc) is 2.57. The fraction of sp³-hybridized carbons (Fsp3) is 0.350. The van der Waals surface area contributed by atoms with Crippen LogP contribution in [0, 0.1) is 13.8 Å². The lowest BCUT2D eigenvalue weighted by molar-refractivity contribution is 0.354. The van der Waals surface area contributed by atoms with Crippen molar-refractivity contribution >= 4 is 11.6 Å². The Balaban J connectivity index is 1.86. The third-order valence-electron chi connectivity index (χ3n) is 3.85. The summed E-state index contributed by atoms with van der Waals surface area (Å²) in [4.78, 5) is 4.40. The molecule has 0 aliphatic heterocycles. The second-order valence-corrected chi connectivity index (χ2v) is 6.06. The highest BCUT2D eigenvalue weighted by molar-refractivity contribution is 5.92. The second-order valence-electron chi connectivity index (χ2n) is 6.06. The van der Waals surface area contributed by atoms with Gasteiger partial charge in [0.25, 0.3) is 0 Å². The zero-order chi connectivity index (χ0) is 18.2. The van der Waals surface area contributed by atoms with Crippen molar-refractivity contribution in [3.8, 4) is 11.5 Å². The monoisotopic (exact) mass is 341 g/mol. The molecule has 5 nitrogen and oxygen atoms in total. The van der Waals surface area contributed by atoms with E-state index in [0.29, 0.717) is 12.5 Å². The Bertz CT molecular complexity index is 721. The molecule has 0 spiro atoms. The fourth-order valence-corrected chi connectivity index (χ4v) is 2.75. The van der Waals surface area contributed by atoms with Gasteiger partial charge in [0, 0.05) is 12.2 Å². The summed E-state index contributed by atoms with van der Waals surface area (Å²) in [6, 6.07) is 12.2. The molecule has 2 aromatic rings. The summed E-state index contributed by atoms with van der Waals surface area (Å²) >= 11 is 0. The molecule has 3 N–H and O–H groups in total. The molecule has 0 aromatic heterocycles. The van der Waals surface area contributed by atoms with Gasteiger partial charge in [0.2, 0.25) is 0 Å². The van der Waals surface area contributed by atoms with Crippen LogP contribution in [0.2, 0.25) is 0 Å². The van der Waals surface area contributed by atoms with Gasteiger partial charge in [-0.3, -0.25) is 4.99 Å². The van der Waals surface area contributed by atoms with Gasteiger partial charge in [0.1, 0.15) is 0 Å². The molecular weight excluding hydrogens is 314 g/mol. The van der Waals surface area contributed by atoms with Gasteiger partial charge in [-0.25, -0.2) is 0 Å². The van der Waals surface area contributed by atoms with E-state index in [0.717, 1.165) is 30.0 Å². The van der Waals surface area contributed by atoms with Gasteiger partial charge in [-0.2, -0.15) is 0 Å². The van der Waals surface area contributed by atoms with Gasteiger partial charge in [0.15, 0.2) is 17.5 Å². The van der Waals surface area contributed by atoms with Gasteiger partial charge >= 0.3 is 0 Å². The Morgan fingerprint density at radius 1 is 1.00 bits per heavy atom. The van der Waals surface area contributed by atoms with E-state index in [9.17, 15) is 0 Å². The molecule has 0 atom stereocenters. The molecule has 5 heteroatoms. The molecule has 0 saturated carbocycles. The summed E-state index contributed by atoms with van der Waals surface area (Å²) < 4.78 is 10.6. The molecule has 0 fully saturated rings. The Morgan fingerprint density at radius 3 is 2.32 bits per heavy atom. The van der Waals surface area contributed by atoms with Crippen molar-refractivity contribution in [3.05, 3.63) is 53.1 Å². The molecule has 0 aliphatic carbocycles. The van der Waals surface area contributed by atoms with E-state index >= 15 is 0 Å². The Hall–Kier alpha value is -2.69. The minimum absolute atomic E-state index is 0.442. The summed E-state index contributed by atoms with van der Waals surface area (Å²) in [5.74, 6) is 1.93. The summed E-state index contributed by atoms with van der Waals surface area (Å²) in [5.41, 5.74) is 10.5. The van der Waals surface area contributed by atoms with Crippen LogP contribution in [-0.4, -0.2) is 26.7 Å². The minimum atomic E-state index is 0.442. The van der Waals surface area contributed by atoms with Gasteiger partial charge in [0.05, 0.1) is 14.2 Å². The topological polar surface area (TPSA) is 68.9 Å². The second kappa shape index (κ2) is 8.97. The van der Waals surface area contributed by atoms with Crippen molar-refractivity contribution in [2.75, 3.05) is 26.1 Å². The average molecular weight is 341 g/mol. The van der Waals surface area contributed by atoms with Crippen LogP contribution in [0.1, 0.15) is 23.1 Å². The molecule has 2 rings (SSSR count). The third kappa shape index (κ3) is 5.71. The quantitative estimate of drug-likeness (QED) is 0.458. The molecule has 0 bridgehead atoms. The SMILES string of the molecule is COc1ccc(CCCN=C(N)Nc2cc(C)cc(C)c2)cc1OC. The number of nitrogens with zero attached hydrogens (tertiary/aromatic N) is 1. The fourth-order valence-electron chi connectivity index (χ4n) is 2.75. The number of rotatable bonds is 7. The summed E-state index contributed by atoms with van der Waals surface area (Å²) in [6.45, 7) is 4.79. The molecule has 0 aliphatic rings. The smallest absolute Gasteiger partial charge is 0.193 e. The van der Waals surface area contributed by atoms with Crippen LogP contribution in [0.5, 0.6) is 11.5 Å². The molecule has 25 heavy (non-hydrogen) atoms. The van der Waals surface area contributed by atoms with Crippen molar-refractivity contribution in [1.82, 2.24) is 0 Å². The van der Waals surface area contributed by atoms with Gasteiger partial charge in [-0.15, -0.1) is 0 Å². The van der Waals surface area contributed by atoms with Crippen LogP contribution in [0.3, 0.4) is 0 Å². The minimum Gasteiger partial charge on any atom is -0.493 e. The summed E-state index contributed by atoms with van der Waals surface area (Å²) in [7, 11) is 3.28. The number of nitrogens with one attached hydrogen (secondary N) is 1. The van der Waals surface area contributed by atoms with Gasteiger partial charge in [-0.05, 0) is 67.6 Å². The van der Waals surface area contributed by atoms with Crippen LogP contribution >= 0.6 is 0 Å². The first-order valence-electron chi connectivity index (χ1n) is 8.38. The zero-order valence-electron chi connectivity index (χ0n) is 15.4. The Kier molecular flexibility index (Phi) is 6.69. The lowest BCUT2D eigenvalue weighted by Gasteiger charge is -2.09. The lowest BCUT2D eigenvalue weighted by atomic mass is 10.1.